The van der Waals surface area contributed by atoms with E-state index < -0.39 is 18.1 Å². The number of benzene rings is 2. The van der Waals surface area contributed by atoms with Gasteiger partial charge in [0, 0.05) is 11.4 Å². The van der Waals surface area contributed by atoms with Crippen molar-refractivity contribution in [1.29, 1.82) is 0 Å². The molecule has 0 aliphatic carbocycles. The fourth-order valence-corrected chi connectivity index (χ4v) is 2.02. The summed E-state index contributed by atoms with van der Waals surface area (Å²) in [4.78, 5) is 35.2. The lowest BCUT2D eigenvalue weighted by Crippen LogP contribution is -2.39. The van der Waals surface area contributed by atoms with Crippen LogP contribution < -0.4 is 21.7 Å². The Labute approximate surface area is 136 Å². The molecule has 0 bridgehead atoms. The number of carboxylic acids is 1. The summed E-state index contributed by atoms with van der Waals surface area (Å²) in [5.41, 5.74) is 11.9. The van der Waals surface area contributed by atoms with Gasteiger partial charge < -0.3 is 21.7 Å². The van der Waals surface area contributed by atoms with Crippen LogP contribution in [0.1, 0.15) is 10.4 Å². The molecule has 0 fully saturated rings. The number of hydrogen-bond acceptors (Lipinski definition) is 5. The number of imide groups is 1. The summed E-state index contributed by atoms with van der Waals surface area (Å²) >= 11 is 0. The summed E-state index contributed by atoms with van der Waals surface area (Å²) in [6.07, 6.45) is -1.55. The molecule has 3 amide bonds. The molecule has 0 saturated heterocycles. The lowest BCUT2D eigenvalue weighted by Gasteiger charge is -2.23. The molecule has 0 heterocycles. The van der Waals surface area contributed by atoms with Crippen molar-refractivity contribution >= 4 is 40.8 Å². The van der Waals surface area contributed by atoms with Gasteiger partial charge in [-0.05, 0) is 42.5 Å². The molecular weight excluding hydrogens is 316 g/mol. The zero-order chi connectivity index (χ0) is 17.9. The van der Waals surface area contributed by atoms with E-state index in [0.29, 0.717) is 11.4 Å². The number of nitrogens with one attached hydrogen (secondary N) is 1. The van der Waals surface area contributed by atoms with Crippen molar-refractivity contribution < 1.29 is 24.6 Å². The van der Waals surface area contributed by atoms with Gasteiger partial charge in [0.25, 0.3) is 0 Å². The first kappa shape index (κ1) is 16.6. The average molecular weight is 330 g/mol. The first-order valence-electron chi connectivity index (χ1n) is 6.62. The van der Waals surface area contributed by atoms with Crippen molar-refractivity contribution in [3.63, 3.8) is 0 Å². The molecule has 0 radical (unpaired) electrons. The van der Waals surface area contributed by atoms with Gasteiger partial charge in [0.05, 0.1) is 16.9 Å². The molecule has 9 nitrogen and oxygen atoms in total. The Morgan fingerprint density at radius 2 is 1.50 bits per heavy atom. The highest BCUT2D eigenvalue weighted by atomic mass is 16.4. The molecule has 24 heavy (non-hydrogen) atoms. The van der Waals surface area contributed by atoms with Crippen LogP contribution in [0.3, 0.4) is 0 Å². The predicted octanol–water partition coefficient (Wildman–Crippen LogP) is 2.07. The molecule has 2 rings (SSSR count). The van der Waals surface area contributed by atoms with Gasteiger partial charge in [0.2, 0.25) is 0 Å². The smallest absolute Gasteiger partial charge is 0.412 e. The summed E-state index contributed by atoms with van der Waals surface area (Å²) in [7, 11) is 0. The lowest BCUT2D eigenvalue weighted by atomic mass is 10.1. The molecule has 0 aliphatic rings. The van der Waals surface area contributed by atoms with Crippen LogP contribution in [0.4, 0.5) is 32.3 Å². The second-order valence-electron chi connectivity index (χ2n) is 4.74. The number of nitrogens with two attached hydrogens (primary N) is 2. The molecule has 2 aromatic rings. The Balaban J connectivity index is 2.55. The van der Waals surface area contributed by atoms with Crippen molar-refractivity contribution in [2.75, 3.05) is 16.4 Å². The minimum absolute atomic E-state index is 0.0159. The van der Waals surface area contributed by atoms with Gasteiger partial charge in [-0.3, -0.25) is 4.90 Å². The van der Waals surface area contributed by atoms with Gasteiger partial charge in [-0.15, -0.1) is 0 Å². The number of carbonyl (C=O) groups excluding carboxylic acids is 1. The molecule has 2 aromatic carbocycles. The van der Waals surface area contributed by atoms with E-state index in [2.05, 4.69) is 0 Å². The van der Waals surface area contributed by atoms with Crippen LogP contribution >= 0.6 is 0 Å². The molecule has 124 valence electrons. The monoisotopic (exact) mass is 330 g/mol. The average Bonchev–Trinajstić information content (AvgIpc) is 2.50. The van der Waals surface area contributed by atoms with Crippen molar-refractivity contribution in [2.45, 2.75) is 0 Å². The van der Waals surface area contributed by atoms with Gasteiger partial charge in [-0.25, -0.2) is 19.7 Å². The lowest BCUT2D eigenvalue weighted by molar-refractivity contribution is 0.0698. The van der Waals surface area contributed by atoms with E-state index in [1.807, 2.05) is 0 Å². The van der Waals surface area contributed by atoms with Crippen molar-refractivity contribution in [3.05, 3.63) is 48.0 Å². The second-order valence-corrected chi connectivity index (χ2v) is 4.74. The molecule has 7 N–H and O–H groups in total. The number of urea groups is 1. The van der Waals surface area contributed by atoms with Crippen molar-refractivity contribution in [1.82, 2.24) is 5.32 Å². The topological polar surface area (TPSA) is 159 Å². The second kappa shape index (κ2) is 6.57. The number of aromatic carboxylic acids is 1. The molecule has 9 heteroatoms. The summed E-state index contributed by atoms with van der Waals surface area (Å²) in [6.45, 7) is 0. The van der Waals surface area contributed by atoms with E-state index in [1.54, 1.807) is 5.32 Å². The summed E-state index contributed by atoms with van der Waals surface area (Å²) < 4.78 is 0. The summed E-state index contributed by atoms with van der Waals surface area (Å²) in [6, 6.07) is 8.94. The molecule has 0 spiro atoms. The van der Waals surface area contributed by atoms with E-state index in [0.717, 1.165) is 4.90 Å². The number of amides is 3. The number of carboxylic acid groups (broad SMARTS) is 2. The maximum atomic E-state index is 12.2. The third kappa shape index (κ3) is 3.53. The first-order chi connectivity index (χ1) is 11.3. The summed E-state index contributed by atoms with van der Waals surface area (Å²) in [5.74, 6) is -1.27. The first-order valence-corrected chi connectivity index (χ1v) is 6.62. The number of carbonyl (C=O) groups is 3. The fraction of sp³-hybridized carbons (Fsp3) is 0. The van der Waals surface area contributed by atoms with Crippen LogP contribution in [-0.4, -0.2) is 28.3 Å². The van der Waals surface area contributed by atoms with Crippen LogP contribution in [0.5, 0.6) is 0 Å². The molecule has 0 atom stereocenters. The third-order valence-corrected chi connectivity index (χ3v) is 3.09. The maximum Gasteiger partial charge on any atom is 0.412 e. The Hall–Kier alpha value is -3.75. The maximum absolute atomic E-state index is 12.2. The normalized spacial score (nSPS) is 10.0. The molecule has 0 aromatic heterocycles. The fourth-order valence-electron chi connectivity index (χ4n) is 2.02. The van der Waals surface area contributed by atoms with Crippen molar-refractivity contribution in [2.24, 2.45) is 0 Å². The standard InChI is InChI=1S/C15H14N4O5/c16-8-1-3-9(4-2-8)19(14(22)18-15(23)24)10-5-6-12(17)11(7-10)13(20)21/h1-7H,16-17H2,(H,18,22)(H,20,21)(H,23,24). The van der Waals surface area contributed by atoms with Crippen LogP contribution in [0.25, 0.3) is 0 Å². The SMILES string of the molecule is Nc1ccc(N(C(=O)NC(=O)O)c2ccc(N)c(C(=O)O)c2)cc1. The third-order valence-electron chi connectivity index (χ3n) is 3.09. The van der Waals surface area contributed by atoms with Gasteiger partial charge in [0.15, 0.2) is 0 Å². The summed E-state index contributed by atoms with van der Waals surface area (Å²) in [5, 5.41) is 19.6. The Morgan fingerprint density at radius 1 is 0.917 bits per heavy atom. The van der Waals surface area contributed by atoms with Crippen LogP contribution in [-0.2, 0) is 0 Å². The highest BCUT2D eigenvalue weighted by Gasteiger charge is 2.22. The number of hydrogen-bond donors (Lipinski definition) is 5. The van der Waals surface area contributed by atoms with Crippen LogP contribution in [0.15, 0.2) is 42.5 Å². The largest absolute Gasteiger partial charge is 0.478 e. The minimum Gasteiger partial charge on any atom is -0.478 e. The van der Waals surface area contributed by atoms with Gasteiger partial charge >= 0.3 is 18.1 Å². The van der Waals surface area contributed by atoms with E-state index in [1.165, 1.54) is 42.5 Å². The Kier molecular flexibility index (Phi) is 4.55. The zero-order valence-electron chi connectivity index (χ0n) is 12.3. The van der Waals surface area contributed by atoms with Crippen LogP contribution in [0.2, 0.25) is 0 Å². The number of nitrogen functional groups attached to an aromatic ring is 2. The van der Waals surface area contributed by atoms with Gasteiger partial charge in [-0.1, -0.05) is 0 Å². The highest BCUT2D eigenvalue weighted by Crippen LogP contribution is 2.29. The van der Waals surface area contributed by atoms with Crippen molar-refractivity contribution in [3.8, 4) is 0 Å². The molecule has 0 unspecified atom stereocenters. The molecular formula is C15H14N4O5. The quantitative estimate of drug-likeness (QED) is 0.538. The van der Waals surface area contributed by atoms with Gasteiger partial charge in [-0.2, -0.15) is 0 Å². The van der Waals surface area contributed by atoms with E-state index in [9.17, 15) is 14.4 Å². The zero-order valence-corrected chi connectivity index (χ0v) is 12.3. The molecule has 0 saturated carbocycles. The van der Waals surface area contributed by atoms with Crippen LogP contribution in [0, 0.1) is 0 Å². The highest BCUT2D eigenvalue weighted by molar-refractivity contribution is 6.06. The van der Waals surface area contributed by atoms with E-state index in [-0.39, 0.29) is 16.9 Å². The van der Waals surface area contributed by atoms with Gasteiger partial charge in [0.1, 0.15) is 0 Å². The molecule has 0 aliphatic heterocycles. The predicted molar refractivity (Wildman–Crippen MR) is 87.4 cm³/mol. The Bertz CT molecular complexity index is 804. The Morgan fingerprint density at radius 3 is 2.04 bits per heavy atom. The van der Waals surface area contributed by atoms with E-state index >= 15 is 0 Å². The number of rotatable bonds is 3. The van der Waals surface area contributed by atoms with E-state index in [4.69, 9.17) is 21.7 Å². The minimum atomic E-state index is -1.55. The number of anilines is 4. The number of nitrogens with zero attached hydrogens (tertiary/aromatic N) is 1.